The molecule has 0 aliphatic rings. The van der Waals surface area contributed by atoms with E-state index in [0.29, 0.717) is 24.7 Å². The standard InChI is InChI=1S/Ba.Fe.O.Zr.2H. The summed E-state index contributed by atoms with van der Waals surface area (Å²) in [5, 5.41) is 0. The summed E-state index contributed by atoms with van der Waals surface area (Å²) in [6, 6.07) is 0. The van der Waals surface area contributed by atoms with Gasteiger partial charge >= 0.3 is 76.4 Å². The van der Waals surface area contributed by atoms with Crippen molar-refractivity contribution in [3.63, 3.8) is 0 Å². The van der Waals surface area contributed by atoms with Gasteiger partial charge in [-0.05, 0) is 0 Å². The van der Waals surface area contributed by atoms with E-state index in [1.807, 2.05) is 0 Å². The zero-order valence-electron chi connectivity index (χ0n) is 1.26. The molecule has 0 radical (unpaired) electrons. The molecule has 1 nitrogen and oxygen atoms in total. The van der Waals surface area contributed by atoms with Crippen molar-refractivity contribution in [3.8, 4) is 0 Å². The van der Waals surface area contributed by atoms with Crippen molar-refractivity contribution in [1.82, 2.24) is 0 Å². The van der Waals surface area contributed by atoms with E-state index in [1.54, 1.807) is 0 Å². The molecule has 0 bridgehead atoms. The summed E-state index contributed by atoms with van der Waals surface area (Å²) in [6.45, 7) is 0. The van der Waals surface area contributed by atoms with Gasteiger partial charge in [-0.2, -0.15) is 0 Å². The second kappa shape index (κ2) is 17.1. The van der Waals surface area contributed by atoms with Gasteiger partial charge in [0.05, 0.1) is 0 Å². The number of hydrogen-bond donors (Lipinski definition) is 0. The molecule has 0 N–H and O–H groups in total. The molecule has 4 heteroatoms. The fraction of sp³-hybridized carbons (Fsp3) is 0. The van der Waals surface area contributed by atoms with Crippen LogP contribution in [0.3, 0.4) is 0 Å². The first kappa shape index (κ1) is 15.9. The third kappa shape index (κ3) is 8.84. The molecule has 0 aliphatic carbocycles. The third-order valence-corrected chi connectivity index (χ3v) is 0. The Kier molecular flexibility index (Phi) is 67.8. The Morgan fingerprint density at radius 1 is 1.25 bits per heavy atom. The molecule has 0 saturated heterocycles. The van der Waals surface area contributed by atoms with E-state index in [-0.39, 0.29) is 65.9 Å². The predicted octanol–water partition coefficient (Wildman–Crippen LogP) is -1.04. The summed E-state index contributed by atoms with van der Waals surface area (Å²) in [5.74, 6) is 0. The van der Waals surface area contributed by atoms with Crippen LogP contribution in [0.1, 0.15) is 0 Å². The van der Waals surface area contributed by atoms with Crippen molar-refractivity contribution >= 4 is 48.9 Å². The first-order valence-electron chi connectivity index (χ1n) is 0.204. The molecule has 0 amide bonds. The Morgan fingerprint density at radius 3 is 1.25 bits per heavy atom. The summed E-state index contributed by atoms with van der Waals surface area (Å²) in [6.07, 6.45) is 0. The van der Waals surface area contributed by atoms with Gasteiger partial charge in [-0.3, -0.25) is 0 Å². The Balaban J connectivity index is -0.00000000500. The van der Waals surface area contributed by atoms with E-state index in [9.17, 15) is 0 Å². The van der Waals surface area contributed by atoms with Gasteiger partial charge in [0.1, 0.15) is 0 Å². The maximum atomic E-state index is 8.34. The molecule has 0 aromatic heterocycles. The fourth-order valence-corrected chi connectivity index (χ4v) is 0. The molecule has 0 rings (SSSR count). The van der Waals surface area contributed by atoms with Crippen molar-refractivity contribution in [1.29, 1.82) is 0 Å². The second-order valence-corrected chi connectivity index (χ2v) is 0. The molecule has 0 aliphatic heterocycles. The molecule has 0 saturated carbocycles. The predicted molar refractivity (Wildman–Crippen MR) is 9.23 cm³/mol. The van der Waals surface area contributed by atoms with E-state index < -0.39 is 0 Å². The molecule has 0 atom stereocenters. The van der Waals surface area contributed by atoms with Crippen molar-refractivity contribution in [3.05, 3.63) is 0 Å². The normalized spacial score (nSPS) is 0.750. The average molecular weight is 302 g/mol. The zero-order chi connectivity index (χ0) is 2.00. The van der Waals surface area contributed by atoms with Crippen molar-refractivity contribution in [2.75, 3.05) is 0 Å². The SMILES string of the molecule is [BaH2].[Fe].[O]=[Zr]. The zero-order valence-corrected chi connectivity index (χ0v) is 4.82. The van der Waals surface area contributed by atoms with Crippen LogP contribution in [0.2, 0.25) is 0 Å². The minimum atomic E-state index is 0. The molecule has 22 valence electrons. The summed E-state index contributed by atoms with van der Waals surface area (Å²) in [7, 11) is 0. The van der Waals surface area contributed by atoms with E-state index in [1.165, 1.54) is 0 Å². The van der Waals surface area contributed by atoms with Gasteiger partial charge in [0, 0.05) is 17.1 Å². The first-order valence-corrected chi connectivity index (χ1v) is 1.21. The molecule has 0 unspecified atom stereocenters. The van der Waals surface area contributed by atoms with Crippen LogP contribution in [0.25, 0.3) is 0 Å². The summed E-state index contributed by atoms with van der Waals surface area (Å²) in [4.78, 5) is 0. The summed E-state index contributed by atoms with van der Waals surface area (Å²) >= 11 is 0.300. The Hall–Kier alpha value is 2.77. The Morgan fingerprint density at radius 2 is 1.25 bits per heavy atom. The second-order valence-electron chi connectivity index (χ2n) is 0. The summed E-state index contributed by atoms with van der Waals surface area (Å²) in [5.41, 5.74) is 0. The summed E-state index contributed by atoms with van der Waals surface area (Å²) < 4.78 is 8.34. The topological polar surface area (TPSA) is 17.1 Å². The van der Waals surface area contributed by atoms with Gasteiger partial charge in [-0.25, -0.2) is 0 Å². The van der Waals surface area contributed by atoms with Crippen LogP contribution >= 0.6 is 0 Å². The number of hydrogen-bond acceptors (Lipinski definition) is 1. The molecular weight excluding hydrogens is 300 g/mol. The van der Waals surface area contributed by atoms with Crippen LogP contribution in [-0.4, -0.2) is 48.9 Å². The van der Waals surface area contributed by atoms with Crippen LogP contribution < -0.4 is 0 Å². The van der Waals surface area contributed by atoms with E-state index in [2.05, 4.69) is 0 Å². The molecular formula is H2BaFeOZr. The van der Waals surface area contributed by atoms with Crippen LogP contribution in [0.4, 0.5) is 0 Å². The van der Waals surface area contributed by atoms with Crippen molar-refractivity contribution < 1.29 is 44.6 Å². The van der Waals surface area contributed by atoms with E-state index in [4.69, 9.17) is 2.81 Å². The molecule has 0 fully saturated rings. The van der Waals surface area contributed by atoms with E-state index in [0.717, 1.165) is 0 Å². The van der Waals surface area contributed by atoms with Crippen molar-refractivity contribution in [2.45, 2.75) is 0 Å². The molecule has 0 spiro atoms. The Bertz CT molecular complexity index is 8.00. The van der Waals surface area contributed by atoms with Gasteiger partial charge in [-0.1, -0.05) is 0 Å². The van der Waals surface area contributed by atoms with E-state index >= 15 is 0 Å². The number of rotatable bonds is 0. The Labute approximate surface area is 91.1 Å². The van der Waals surface area contributed by atoms with Crippen LogP contribution in [0, 0.1) is 0 Å². The molecule has 0 aromatic rings. The first-order chi connectivity index (χ1) is 1.00. The van der Waals surface area contributed by atoms with Gasteiger partial charge in [-0.15, -0.1) is 0 Å². The van der Waals surface area contributed by atoms with Gasteiger partial charge in [0.2, 0.25) is 0 Å². The van der Waals surface area contributed by atoms with Crippen molar-refractivity contribution in [2.24, 2.45) is 0 Å². The van der Waals surface area contributed by atoms with Gasteiger partial charge in [0.25, 0.3) is 0 Å². The van der Waals surface area contributed by atoms with Gasteiger partial charge < -0.3 is 0 Å². The van der Waals surface area contributed by atoms with Gasteiger partial charge in [0.15, 0.2) is 0 Å². The fourth-order valence-electron chi connectivity index (χ4n) is 0. The van der Waals surface area contributed by atoms with Crippen LogP contribution in [0.5, 0.6) is 0 Å². The third-order valence-electron chi connectivity index (χ3n) is 0. The monoisotopic (exact) mass is 302 g/mol. The average Bonchev–Trinajstić information content (AvgIpc) is 1.00. The maximum absolute atomic E-state index is 8.34. The van der Waals surface area contributed by atoms with Crippen LogP contribution in [-0.2, 0) is 44.6 Å². The quantitative estimate of drug-likeness (QED) is 0.523. The molecule has 0 heterocycles. The minimum absolute atomic E-state index is 0. The molecule has 4 heavy (non-hydrogen) atoms. The molecule has 0 aromatic carbocycles. The van der Waals surface area contributed by atoms with Crippen LogP contribution in [0.15, 0.2) is 0 Å².